The van der Waals surface area contributed by atoms with Gasteiger partial charge in [0.25, 0.3) is 0 Å². The van der Waals surface area contributed by atoms with Gasteiger partial charge in [-0.15, -0.1) is 0 Å². The van der Waals surface area contributed by atoms with Crippen molar-refractivity contribution in [1.29, 1.82) is 0 Å². The maximum absolute atomic E-state index is 9.56. The lowest BCUT2D eigenvalue weighted by Crippen LogP contribution is -2.06. The summed E-state index contributed by atoms with van der Waals surface area (Å²) in [6.45, 7) is 2.67. The maximum Gasteiger partial charge on any atom is 0.303 e. The predicted molar refractivity (Wildman–Crippen MR) is 113 cm³/mol. The molecule has 0 spiro atoms. The van der Waals surface area contributed by atoms with Crippen molar-refractivity contribution in [2.75, 3.05) is 17.2 Å². The molecule has 0 fully saturated rings. The maximum atomic E-state index is 9.56. The van der Waals surface area contributed by atoms with Gasteiger partial charge in [-0.1, -0.05) is 0 Å². The zero-order chi connectivity index (χ0) is 20.2. The number of rotatable bonds is 7. The number of ether oxygens (including phenoxy) is 1. The average molecular weight is 390 g/mol. The summed E-state index contributed by atoms with van der Waals surface area (Å²) >= 11 is 0. The molecule has 0 atom stereocenters. The second kappa shape index (κ2) is 8.15. The summed E-state index contributed by atoms with van der Waals surface area (Å²) in [6, 6.07) is 13.5. The quantitative estimate of drug-likeness (QED) is 0.441. The molecule has 0 saturated carbocycles. The van der Waals surface area contributed by atoms with E-state index < -0.39 is 0 Å². The molecule has 3 N–H and O–H groups in total. The summed E-state index contributed by atoms with van der Waals surface area (Å²) in [4.78, 5) is 13.2. The van der Waals surface area contributed by atoms with Gasteiger partial charge in [0.1, 0.15) is 11.3 Å². The van der Waals surface area contributed by atoms with Crippen molar-refractivity contribution in [2.45, 2.75) is 13.5 Å². The first kappa shape index (κ1) is 18.7. The third kappa shape index (κ3) is 3.83. The van der Waals surface area contributed by atoms with Crippen molar-refractivity contribution in [1.82, 2.24) is 19.5 Å². The number of aliphatic hydroxyl groups is 1. The first-order valence-electron chi connectivity index (χ1n) is 9.34. The van der Waals surface area contributed by atoms with Crippen LogP contribution in [0.5, 0.6) is 11.8 Å². The number of aryl methyl sites for hydroxylation is 1. The van der Waals surface area contributed by atoms with E-state index in [1.807, 2.05) is 54.9 Å². The SMILES string of the molecule is CCNc1c(CO)ccnc1Nc1ccc(Oc2nc3cccnc3n2C)cc1. The van der Waals surface area contributed by atoms with Gasteiger partial charge in [0.05, 0.1) is 12.3 Å². The predicted octanol–water partition coefficient (Wildman–Crippen LogP) is 3.82. The van der Waals surface area contributed by atoms with E-state index in [2.05, 4.69) is 25.6 Å². The van der Waals surface area contributed by atoms with E-state index >= 15 is 0 Å². The molecule has 3 aromatic heterocycles. The van der Waals surface area contributed by atoms with Crippen LogP contribution in [0.1, 0.15) is 12.5 Å². The van der Waals surface area contributed by atoms with Gasteiger partial charge in [-0.05, 0) is 49.4 Å². The van der Waals surface area contributed by atoms with Gasteiger partial charge < -0.3 is 20.5 Å². The third-order valence-corrected chi connectivity index (χ3v) is 4.47. The number of imidazole rings is 1. The fraction of sp³-hybridized carbons (Fsp3) is 0.190. The number of fused-ring (bicyclic) bond motifs is 1. The Labute approximate surface area is 168 Å². The molecular formula is C21H22N6O2. The Morgan fingerprint density at radius 1 is 1.07 bits per heavy atom. The number of aromatic nitrogens is 4. The Morgan fingerprint density at radius 2 is 1.90 bits per heavy atom. The molecule has 8 nitrogen and oxygen atoms in total. The molecule has 0 amide bonds. The van der Waals surface area contributed by atoms with Crippen LogP contribution in [0.3, 0.4) is 0 Å². The highest BCUT2D eigenvalue weighted by atomic mass is 16.5. The van der Waals surface area contributed by atoms with Crippen molar-refractivity contribution >= 4 is 28.4 Å². The second-order valence-electron chi connectivity index (χ2n) is 6.43. The van der Waals surface area contributed by atoms with E-state index in [-0.39, 0.29) is 6.61 Å². The van der Waals surface area contributed by atoms with Crippen molar-refractivity contribution in [2.24, 2.45) is 7.05 Å². The monoisotopic (exact) mass is 390 g/mol. The Hall–Kier alpha value is -3.65. The summed E-state index contributed by atoms with van der Waals surface area (Å²) in [5.74, 6) is 1.33. The fourth-order valence-corrected chi connectivity index (χ4v) is 3.04. The van der Waals surface area contributed by atoms with E-state index in [0.717, 1.165) is 34.6 Å². The topological polar surface area (TPSA) is 97.1 Å². The fourth-order valence-electron chi connectivity index (χ4n) is 3.04. The van der Waals surface area contributed by atoms with Gasteiger partial charge in [-0.2, -0.15) is 4.98 Å². The minimum atomic E-state index is -0.0564. The van der Waals surface area contributed by atoms with E-state index in [0.29, 0.717) is 17.6 Å². The smallest absolute Gasteiger partial charge is 0.303 e. The molecule has 0 aliphatic rings. The molecular weight excluding hydrogens is 368 g/mol. The first-order valence-corrected chi connectivity index (χ1v) is 9.34. The lowest BCUT2D eigenvalue weighted by atomic mass is 10.2. The third-order valence-electron chi connectivity index (χ3n) is 4.47. The van der Waals surface area contributed by atoms with Crippen LogP contribution in [0.2, 0.25) is 0 Å². The van der Waals surface area contributed by atoms with Crippen LogP contribution in [0.25, 0.3) is 11.2 Å². The van der Waals surface area contributed by atoms with Crippen LogP contribution in [0.4, 0.5) is 17.2 Å². The highest BCUT2D eigenvalue weighted by Crippen LogP contribution is 2.29. The molecule has 0 radical (unpaired) electrons. The van der Waals surface area contributed by atoms with Crippen molar-refractivity contribution in [3.05, 3.63) is 60.4 Å². The highest BCUT2D eigenvalue weighted by Gasteiger charge is 2.11. The number of nitrogens with one attached hydrogen (secondary N) is 2. The zero-order valence-electron chi connectivity index (χ0n) is 16.3. The van der Waals surface area contributed by atoms with E-state index in [1.165, 1.54) is 0 Å². The number of hydrogen-bond acceptors (Lipinski definition) is 7. The largest absolute Gasteiger partial charge is 0.425 e. The Morgan fingerprint density at radius 3 is 2.62 bits per heavy atom. The molecule has 8 heteroatoms. The molecule has 0 bridgehead atoms. The molecule has 0 aliphatic carbocycles. The zero-order valence-corrected chi connectivity index (χ0v) is 16.3. The van der Waals surface area contributed by atoms with E-state index in [1.54, 1.807) is 18.5 Å². The molecule has 3 heterocycles. The number of pyridine rings is 2. The summed E-state index contributed by atoms with van der Waals surface area (Å²) in [5, 5.41) is 16.1. The summed E-state index contributed by atoms with van der Waals surface area (Å²) in [7, 11) is 1.87. The van der Waals surface area contributed by atoms with Gasteiger partial charge >= 0.3 is 6.01 Å². The molecule has 0 unspecified atom stereocenters. The van der Waals surface area contributed by atoms with Crippen molar-refractivity contribution in [3.63, 3.8) is 0 Å². The summed E-state index contributed by atoms with van der Waals surface area (Å²) in [5.41, 5.74) is 4.00. The van der Waals surface area contributed by atoms with Crippen LogP contribution in [0, 0.1) is 0 Å². The second-order valence-corrected chi connectivity index (χ2v) is 6.43. The van der Waals surface area contributed by atoms with Crippen LogP contribution < -0.4 is 15.4 Å². The van der Waals surface area contributed by atoms with E-state index in [4.69, 9.17) is 4.74 Å². The molecule has 4 aromatic rings. The Kier molecular flexibility index (Phi) is 5.26. The van der Waals surface area contributed by atoms with Crippen LogP contribution in [0.15, 0.2) is 54.9 Å². The highest BCUT2D eigenvalue weighted by molar-refractivity contribution is 5.74. The first-order chi connectivity index (χ1) is 14.2. The molecule has 0 aliphatic heterocycles. The summed E-state index contributed by atoms with van der Waals surface area (Å²) < 4.78 is 7.74. The lowest BCUT2D eigenvalue weighted by molar-refractivity contribution is 0.282. The number of hydrogen-bond donors (Lipinski definition) is 3. The van der Waals surface area contributed by atoms with Gasteiger partial charge in [0.2, 0.25) is 0 Å². The van der Waals surface area contributed by atoms with E-state index in [9.17, 15) is 5.11 Å². The van der Waals surface area contributed by atoms with Crippen LogP contribution in [-0.4, -0.2) is 31.2 Å². The minimum absolute atomic E-state index is 0.0564. The molecule has 4 rings (SSSR count). The van der Waals surface area contributed by atoms with Crippen LogP contribution in [-0.2, 0) is 13.7 Å². The van der Waals surface area contributed by atoms with Gasteiger partial charge in [-0.25, -0.2) is 9.97 Å². The Balaban J connectivity index is 1.53. The standard InChI is InChI=1S/C21H22N6O2/c1-3-22-18-14(13-28)10-12-23-19(18)25-15-6-8-16(9-7-15)29-21-26-17-5-4-11-24-20(17)27(21)2/h4-12,22,28H,3,13H2,1-2H3,(H,23,25). The number of nitrogens with zero attached hydrogens (tertiary/aromatic N) is 4. The van der Waals surface area contributed by atoms with Crippen molar-refractivity contribution in [3.8, 4) is 11.8 Å². The molecule has 148 valence electrons. The van der Waals surface area contributed by atoms with Gasteiger partial charge in [0, 0.05) is 37.2 Å². The Bertz CT molecular complexity index is 1120. The number of aliphatic hydroxyl groups excluding tert-OH is 1. The molecule has 1 aromatic carbocycles. The minimum Gasteiger partial charge on any atom is -0.425 e. The lowest BCUT2D eigenvalue weighted by Gasteiger charge is -2.15. The molecule has 0 saturated heterocycles. The molecule has 29 heavy (non-hydrogen) atoms. The van der Waals surface area contributed by atoms with Gasteiger partial charge in [0.15, 0.2) is 11.5 Å². The van der Waals surface area contributed by atoms with Crippen molar-refractivity contribution < 1.29 is 9.84 Å². The summed E-state index contributed by atoms with van der Waals surface area (Å²) in [6.07, 6.45) is 3.40. The normalized spacial score (nSPS) is 10.9. The number of benzene rings is 1. The number of anilines is 3. The van der Waals surface area contributed by atoms with Crippen LogP contribution >= 0.6 is 0 Å². The average Bonchev–Trinajstić information content (AvgIpc) is 3.06. The van der Waals surface area contributed by atoms with Gasteiger partial charge in [-0.3, -0.25) is 4.57 Å².